The first kappa shape index (κ1) is 25.8. The highest BCUT2D eigenvalue weighted by Gasteiger charge is 2.33. The van der Waals surface area contributed by atoms with Crippen molar-refractivity contribution in [2.24, 2.45) is 0 Å². The highest BCUT2D eigenvalue weighted by molar-refractivity contribution is 7.91. The van der Waals surface area contributed by atoms with Crippen LogP contribution in [0.25, 0.3) is 0 Å². The minimum Gasteiger partial charge on any atom is -0.469 e. The van der Waals surface area contributed by atoms with Crippen molar-refractivity contribution in [2.45, 2.75) is 43.0 Å². The van der Waals surface area contributed by atoms with Gasteiger partial charge < -0.3 is 19.7 Å². The van der Waals surface area contributed by atoms with Gasteiger partial charge in [0.1, 0.15) is 10.7 Å². The number of benzene rings is 1. The molecule has 10 nitrogen and oxygen atoms in total. The van der Waals surface area contributed by atoms with Crippen LogP contribution < -0.4 is 10.2 Å². The lowest BCUT2D eigenvalue weighted by molar-refractivity contribution is -0.139. The number of nitrogens with zero attached hydrogens (tertiary/aromatic N) is 4. The molecule has 0 amide bonds. The van der Waals surface area contributed by atoms with Gasteiger partial charge in [-0.2, -0.15) is 4.98 Å². The van der Waals surface area contributed by atoms with Crippen molar-refractivity contribution in [1.82, 2.24) is 14.9 Å². The van der Waals surface area contributed by atoms with Crippen LogP contribution in [0.4, 0.5) is 21.8 Å². The molecule has 0 aliphatic carbocycles. The predicted octanol–water partition coefficient (Wildman–Crippen LogP) is 2.10. The van der Waals surface area contributed by atoms with Gasteiger partial charge in [-0.1, -0.05) is 6.07 Å². The van der Waals surface area contributed by atoms with E-state index in [1.807, 2.05) is 0 Å². The number of hydrogen-bond acceptors (Lipinski definition) is 10. The molecule has 0 unspecified atom stereocenters. The van der Waals surface area contributed by atoms with Crippen molar-refractivity contribution in [3.63, 3.8) is 0 Å². The number of aromatic nitrogens is 2. The van der Waals surface area contributed by atoms with E-state index in [1.54, 1.807) is 6.07 Å². The molecule has 12 heteroatoms. The van der Waals surface area contributed by atoms with E-state index in [1.165, 1.54) is 19.2 Å². The lowest BCUT2D eigenvalue weighted by atomic mass is 10.0. The molecule has 1 N–H and O–H groups in total. The van der Waals surface area contributed by atoms with Crippen molar-refractivity contribution >= 4 is 33.3 Å². The molecule has 37 heavy (non-hydrogen) atoms. The summed E-state index contributed by atoms with van der Waals surface area (Å²) < 4.78 is 51.1. The molecule has 4 heterocycles. The first-order valence-electron chi connectivity index (χ1n) is 12.7. The molecule has 0 bridgehead atoms. The zero-order valence-electron chi connectivity index (χ0n) is 20.9. The van der Waals surface area contributed by atoms with E-state index in [4.69, 9.17) is 4.74 Å². The van der Waals surface area contributed by atoms with Crippen LogP contribution >= 0.6 is 0 Å². The Bertz CT molecular complexity index is 1260. The highest BCUT2D eigenvalue weighted by Crippen LogP contribution is 2.34. The summed E-state index contributed by atoms with van der Waals surface area (Å²) in [6.07, 6.45) is 2.86. The summed E-state index contributed by atoms with van der Waals surface area (Å²) in [5, 5.41) is 2.92. The number of ether oxygens (including phenoxy) is 2. The van der Waals surface area contributed by atoms with Crippen molar-refractivity contribution < 1.29 is 27.1 Å². The van der Waals surface area contributed by atoms with Gasteiger partial charge in [-0.25, -0.2) is 17.8 Å². The number of sulfone groups is 1. The van der Waals surface area contributed by atoms with Crippen LogP contribution in [-0.4, -0.2) is 87.6 Å². The Morgan fingerprint density at radius 2 is 1.95 bits per heavy atom. The van der Waals surface area contributed by atoms with E-state index < -0.39 is 21.6 Å². The molecule has 0 atom stereocenters. The smallest absolute Gasteiger partial charge is 0.309 e. The Kier molecular flexibility index (Phi) is 7.59. The molecule has 200 valence electrons. The maximum absolute atomic E-state index is 15.0. The van der Waals surface area contributed by atoms with Gasteiger partial charge in [0.2, 0.25) is 5.95 Å². The second-order valence-electron chi connectivity index (χ2n) is 9.63. The number of rotatable bonds is 6. The van der Waals surface area contributed by atoms with Crippen LogP contribution in [0.15, 0.2) is 23.1 Å². The summed E-state index contributed by atoms with van der Waals surface area (Å²) in [6, 6.07) is 4.79. The highest BCUT2D eigenvalue weighted by atomic mass is 32.2. The lowest BCUT2D eigenvalue weighted by Gasteiger charge is -2.40. The molecule has 1 aromatic heterocycles. The van der Waals surface area contributed by atoms with Gasteiger partial charge in [0.15, 0.2) is 15.7 Å². The first-order chi connectivity index (χ1) is 17.8. The molecule has 0 saturated carbocycles. The normalized spacial score (nSPS) is 20.3. The Hall–Kier alpha value is -2.83. The summed E-state index contributed by atoms with van der Waals surface area (Å²) in [7, 11) is -2.34. The summed E-state index contributed by atoms with van der Waals surface area (Å²) >= 11 is 0. The molecular formula is C25H32FN5O5S. The number of piperidine rings is 1. The molecule has 5 rings (SSSR count). The zero-order valence-corrected chi connectivity index (χ0v) is 21.7. The molecular weight excluding hydrogens is 501 g/mol. The third-order valence-corrected chi connectivity index (χ3v) is 9.11. The van der Waals surface area contributed by atoms with Gasteiger partial charge in [-0.3, -0.25) is 9.69 Å². The third kappa shape index (κ3) is 5.70. The van der Waals surface area contributed by atoms with Crippen LogP contribution in [-0.2, 0) is 36.9 Å². The number of esters is 1. The Balaban J connectivity index is 1.41. The van der Waals surface area contributed by atoms with Crippen LogP contribution in [0.5, 0.6) is 0 Å². The van der Waals surface area contributed by atoms with E-state index in [0.717, 1.165) is 52.2 Å². The van der Waals surface area contributed by atoms with Crippen molar-refractivity contribution in [3.05, 3.63) is 35.3 Å². The third-order valence-electron chi connectivity index (χ3n) is 7.23. The number of hydrogen-bond donors (Lipinski definition) is 1. The number of methoxy groups -OCH3 is 1. The molecule has 1 aromatic carbocycles. The van der Waals surface area contributed by atoms with Gasteiger partial charge >= 0.3 is 5.97 Å². The predicted molar refractivity (Wildman–Crippen MR) is 135 cm³/mol. The molecule has 2 fully saturated rings. The van der Waals surface area contributed by atoms with E-state index in [-0.39, 0.29) is 28.6 Å². The first-order valence-corrected chi connectivity index (χ1v) is 14.3. The number of nitrogens with one attached hydrogen (secondary N) is 1. The monoisotopic (exact) mass is 533 g/mol. The van der Waals surface area contributed by atoms with Crippen LogP contribution in [0, 0.1) is 5.82 Å². The quantitative estimate of drug-likeness (QED) is 0.554. The van der Waals surface area contributed by atoms with Gasteiger partial charge in [-0.15, -0.1) is 0 Å². The lowest BCUT2D eigenvalue weighted by Crippen LogP contribution is -2.49. The molecule has 2 saturated heterocycles. The van der Waals surface area contributed by atoms with Crippen LogP contribution in [0.3, 0.4) is 0 Å². The number of halogens is 1. The number of carbonyl (C=O) groups excluding carboxylic acids is 1. The number of carbonyl (C=O) groups is 1. The fraction of sp³-hybridized carbons (Fsp3) is 0.560. The summed E-state index contributed by atoms with van der Waals surface area (Å²) in [5.74, 6) is -0.535. The topological polar surface area (TPSA) is 114 Å². The minimum atomic E-state index is -3.61. The Labute approximate surface area is 216 Å². The number of morpholine rings is 1. The van der Waals surface area contributed by atoms with Gasteiger partial charge in [0.05, 0.1) is 43.9 Å². The van der Waals surface area contributed by atoms with Gasteiger partial charge in [0, 0.05) is 32.2 Å². The second kappa shape index (κ2) is 10.9. The van der Waals surface area contributed by atoms with Crippen LogP contribution in [0.2, 0.25) is 0 Å². The van der Waals surface area contributed by atoms with Gasteiger partial charge in [0.25, 0.3) is 0 Å². The average molecular weight is 534 g/mol. The van der Waals surface area contributed by atoms with Crippen LogP contribution in [0.1, 0.15) is 30.5 Å². The molecule has 0 radical (unpaired) electrons. The molecule has 0 spiro atoms. The number of fused-ring (bicyclic) bond motifs is 1. The zero-order chi connectivity index (χ0) is 26.0. The molecule has 2 aromatic rings. The van der Waals surface area contributed by atoms with E-state index >= 15 is 0 Å². The standard InChI is InChI=1S/C25H32FN5O5S/c1-35-22(32)16-17-4-5-20(19(26)15-17)27-24-23-21(3-2-14-37(23,33)34)28-25(29-24)31-8-6-18(7-9-31)30-10-12-36-13-11-30/h4-5,15,18H,2-3,6-14,16H2,1H3,(H,27,28,29). The largest absolute Gasteiger partial charge is 0.469 e. The Morgan fingerprint density at radius 3 is 2.65 bits per heavy atom. The average Bonchev–Trinajstić information content (AvgIpc) is 2.90. The fourth-order valence-electron chi connectivity index (χ4n) is 5.25. The van der Waals surface area contributed by atoms with E-state index in [2.05, 4.69) is 29.8 Å². The van der Waals surface area contributed by atoms with Gasteiger partial charge in [-0.05, 0) is 43.4 Å². The Morgan fingerprint density at radius 1 is 1.19 bits per heavy atom. The van der Waals surface area contributed by atoms with Crippen molar-refractivity contribution in [2.75, 3.05) is 62.5 Å². The maximum Gasteiger partial charge on any atom is 0.309 e. The fourth-order valence-corrected chi connectivity index (χ4v) is 6.87. The summed E-state index contributed by atoms with van der Waals surface area (Å²) in [4.78, 5) is 25.4. The molecule has 3 aliphatic rings. The van der Waals surface area contributed by atoms with Crippen molar-refractivity contribution in [3.8, 4) is 0 Å². The SMILES string of the molecule is COC(=O)Cc1ccc(Nc2nc(N3CCC(N4CCOCC4)CC3)nc3c2S(=O)(=O)CCC3)c(F)c1. The maximum atomic E-state index is 15.0. The van der Waals surface area contributed by atoms with Crippen molar-refractivity contribution in [1.29, 1.82) is 0 Å². The van der Waals surface area contributed by atoms with E-state index in [9.17, 15) is 17.6 Å². The number of aryl methyl sites for hydroxylation is 1. The minimum absolute atomic E-state index is 0.00286. The summed E-state index contributed by atoms with van der Waals surface area (Å²) in [5.41, 5.74) is 1.00. The van der Waals surface area contributed by atoms with E-state index in [0.29, 0.717) is 36.1 Å². The number of anilines is 3. The molecule has 3 aliphatic heterocycles. The summed E-state index contributed by atoms with van der Waals surface area (Å²) in [6.45, 7) is 4.91. The second-order valence-corrected chi connectivity index (χ2v) is 11.7.